The number of fused-ring (bicyclic) bond motifs is 2. The van der Waals surface area contributed by atoms with Crippen molar-refractivity contribution in [3.63, 3.8) is 0 Å². The molecule has 2 radical (unpaired) electrons. The van der Waals surface area contributed by atoms with Crippen molar-refractivity contribution in [2.24, 2.45) is 0 Å². The SMILES string of the molecule is C=C(C)C(=O)O.C=C(C)C(=O)[S-].Cc1nc(N)nc2ncc(CN(C)c3ccc(C(=O)N[C@H](C)CC[C-]=O)cc3)nc12.Cc1nc(N)nc2ncc(CN(C)c3ccc(C(=O)N[C@H](C)CC[C-]=O)cc3)nc12.[Y].[Y]. The van der Waals surface area contributed by atoms with Crippen LogP contribution in [0.15, 0.2) is 85.2 Å². The molecule has 0 saturated heterocycles. The number of nitrogens with one attached hydrogen (secondary N) is 2. The Morgan fingerprint density at radius 2 is 0.973 bits per heavy atom. The molecular weight excluding hydrogens is 1120 g/mol. The molecule has 2 aromatic carbocycles. The average Bonchev–Trinajstić information content (AvgIpc) is 3.33. The van der Waals surface area contributed by atoms with Gasteiger partial charge in [-0.3, -0.25) is 22.2 Å². The van der Waals surface area contributed by atoms with E-state index in [1.54, 1.807) is 43.6 Å². The molecule has 2 amide bonds. The van der Waals surface area contributed by atoms with Crippen LogP contribution in [0.4, 0.5) is 23.3 Å². The van der Waals surface area contributed by atoms with Crippen molar-refractivity contribution in [2.75, 3.05) is 35.4 Å². The van der Waals surface area contributed by atoms with Crippen molar-refractivity contribution in [2.45, 2.75) is 92.4 Å². The van der Waals surface area contributed by atoms with Crippen molar-refractivity contribution < 1.29 is 99.3 Å². The Labute approximate surface area is 486 Å². The number of nitrogens with two attached hydrogens (primary N) is 2. The smallest absolute Gasteiger partial charge is 0.330 e. The average molecular weight is 1180 g/mol. The zero-order valence-corrected chi connectivity index (χ0v) is 49.2. The van der Waals surface area contributed by atoms with E-state index in [9.17, 15) is 28.8 Å². The number of nitrogens with zero attached hydrogens (tertiary/aromatic N) is 10. The van der Waals surface area contributed by atoms with Gasteiger partial charge in [0, 0.05) is 125 Å². The minimum absolute atomic E-state index is 0. The molecule has 6 aromatic rings. The van der Waals surface area contributed by atoms with Crippen LogP contribution in [-0.2, 0) is 110 Å². The van der Waals surface area contributed by atoms with Gasteiger partial charge in [-0.2, -0.15) is 22.8 Å². The van der Waals surface area contributed by atoms with E-state index >= 15 is 0 Å². The molecule has 0 aliphatic carbocycles. The van der Waals surface area contributed by atoms with Crippen LogP contribution < -0.4 is 31.9 Å². The summed E-state index contributed by atoms with van der Waals surface area (Å²) in [6.45, 7) is 17.9. The van der Waals surface area contributed by atoms with Gasteiger partial charge in [0.25, 0.3) is 11.8 Å². The second kappa shape index (κ2) is 32.9. The number of benzene rings is 2. The van der Waals surface area contributed by atoms with Crippen LogP contribution in [0.1, 0.15) is 96.9 Å². The number of aromatic nitrogens is 8. The predicted molar refractivity (Wildman–Crippen MR) is 279 cm³/mol. The van der Waals surface area contributed by atoms with Crippen molar-refractivity contribution in [1.82, 2.24) is 50.5 Å². The molecule has 6 rings (SSSR count). The van der Waals surface area contributed by atoms with E-state index in [-0.39, 0.29) is 112 Å². The molecule has 0 fully saturated rings. The Morgan fingerprint density at radius 1 is 0.649 bits per heavy atom. The van der Waals surface area contributed by atoms with Crippen LogP contribution in [0.2, 0.25) is 0 Å². The predicted octanol–water partition coefficient (Wildman–Crippen LogP) is 5.19. The number of rotatable bonds is 18. The number of nitrogen functional groups attached to an aromatic ring is 2. The number of anilines is 4. The number of hydrogen-bond donors (Lipinski definition) is 5. The Bertz CT molecular complexity index is 2680. The first-order valence-electron chi connectivity index (χ1n) is 22.2. The van der Waals surface area contributed by atoms with Crippen molar-refractivity contribution >= 4 is 93.7 Å². The monoisotopic (exact) mass is 1180 g/mol. The van der Waals surface area contributed by atoms with Crippen molar-refractivity contribution in [3.8, 4) is 0 Å². The summed E-state index contributed by atoms with van der Waals surface area (Å²) < 4.78 is 0. The summed E-state index contributed by atoms with van der Waals surface area (Å²) in [5.74, 6) is -0.912. The van der Waals surface area contributed by atoms with Gasteiger partial charge in [-0.25, -0.2) is 34.7 Å². The van der Waals surface area contributed by atoms with E-state index in [1.165, 1.54) is 6.92 Å². The van der Waals surface area contributed by atoms with Gasteiger partial charge in [0.1, 0.15) is 11.0 Å². The molecule has 0 unspecified atom stereocenters. The Kier molecular flexibility index (Phi) is 29.2. The van der Waals surface area contributed by atoms with Crippen molar-refractivity contribution in [3.05, 3.63) is 119 Å². The van der Waals surface area contributed by atoms with E-state index in [2.05, 4.69) is 76.3 Å². The number of aryl methyl sites for hydroxylation is 2. The zero-order valence-electron chi connectivity index (χ0n) is 42.7. The molecule has 4 heterocycles. The third kappa shape index (κ3) is 22.1. The molecule has 0 aliphatic rings. The maximum atomic E-state index is 12.3. The van der Waals surface area contributed by atoms with E-state index in [4.69, 9.17) is 16.6 Å². The summed E-state index contributed by atoms with van der Waals surface area (Å²) in [7, 11) is 3.87. The first kappa shape index (κ1) is 65.8. The number of carboxylic acids is 1. The second-order valence-electron chi connectivity index (χ2n) is 16.5. The number of carbonyl (C=O) groups is 4. The number of carbonyl (C=O) groups excluding carboxylic acids is 5. The zero-order chi connectivity index (χ0) is 53.7. The molecule has 0 saturated carbocycles. The topological polar surface area (TPSA) is 308 Å². The molecule has 7 N–H and O–H groups in total. The Balaban J connectivity index is 0.000000593. The van der Waals surface area contributed by atoms with Crippen LogP contribution in [0.3, 0.4) is 0 Å². The summed E-state index contributed by atoms with van der Waals surface area (Å²) in [5, 5.41) is 13.3. The van der Waals surface area contributed by atoms with Gasteiger partial charge in [-0.15, -0.1) is 0 Å². The van der Waals surface area contributed by atoms with Crippen LogP contribution in [-0.4, -0.2) is 107 Å². The Morgan fingerprint density at radius 3 is 1.26 bits per heavy atom. The molecule has 24 heteroatoms. The van der Waals surface area contributed by atoms with Gasteiger partial charge in [0.2, 0.25) is 11.9 Å². The molecule has 4 aromatic heterocycles. The fraction of sp³-hybridized carbons (Fsp3) is 0.320. The largest absolute Gasteiger partial charge is 0.737 e. The van der Waals surface area contributed by atoms with Gasteiger partial charge in [0.15, 0.2) is 11.3 Å². The first-order chi connectivity index (χ1) is 34.0. The summed E-state index contributed by atoms with van der Waals surface area (Å²) in [6, 6.07) is 14.4. The molecule has 0 spiro atoms. The summed E-state index contributed by atoms with van der Waals surface area (Å²) in [6.07, 6.45) is 8.77. The normalized spacial score (nSPS) is 10.8. The van der Waals surface area contributed by atoms with E-state index in [1.807, 2.05) is 88.4 Å². The number of carboxylic acid groups (broad SMARTS) is 1. The molecule has 21 nitrogen and oxygen atoms in total. The first-order valence-corrected chi connectivity index (χ1v) is 22.6. The standard InChI is InChI=1S/2C21H24N7O2.C4H6O2.C4H6OS.2Y/c2*1-13(5-4-10-29)24-20(30)15-6-8-17(9-7-15)28(3)12-16-11-23-19-18(26-16)14(2)25-21(22)27-19;2*1-3(2)4(5)6;;/h2*6-9,11,13H,4-5,12H2,1-3H3,(H,24,30)(H2,22,23,25,27);2*1H2,2H3,(H,5,6);;/q2*-1;;;;/p-1/t2*13-;;;;/m11..../s1. The van der Waals surface area contributed by atoms with E-state index < -0.39 is 5.97 Å². The fourth-order valence-electron chi connectivity index (χ4n) is 6.07. The molecule has 74 heavy (non-hydrogen) atoms. The Hall–Kier alpha value is -6.19. The number of aliphatic carboxylic acids is 1. The maximum absolute atomic E-state index is 12.3. The van der Waals surface area contributed by atoms with Gasteiger partial charge in [-0.1, -0.05) is 26.0 Å². The number of hydrogen-bond acceptors (Lipinski definition) is 19. The van der Waals surface area contributed by atoms with Crippen LogP contribution in [0, 0.1) is 13.8 Å². The quantitative estimate of drug-likeness (QED) is 0.0420. The van der Waals surface area contributed by atoms with Gasteiger partial charge >= 0.3 is 5.97 Å². The summed E-state index contributed by atoms with van der Waals surface area (Å²) >= 11 is 4.16. The van der Waals surface area contributed by atoms with Gasteiger partial charge in [0.05, 0.1) is 48.3 Å². The maximum Gasteiger partial charge on any atom is 0.330 e. The minimum Gasteiger partial charge on any atom is -0.737 e. The third-order valence-electron chi connectivity index (χ3n) is 10.1. The number of amides is 2. The van der Waals surface area contributed by atoms with Crippen molar-refractivity contribution in [1.29, 1.82) is 0 Å². The molecule has 0 aliphatic heterocycles. The summed E-state index contributed by atoms with van der Waals surface area (Å²) in [5.41, 5.74) is 20.0. The molecular formula is C50H59N14O7SY2-3. The third-order valence-corrected chi connectivity index (χ3v) is 10.4. The minimum atomic E-state index is -0.935. The van der Waals surface area contributed by atoms with E-state index in [0.717, 1.165) is 22.8 Å². The van der Waals surface area contributed by atoms with E-state index in [0.29, 0.717) is 89.2 Å². The van der Waals surface area contributed by atoms with Crippen LogP contribution in [0.25, 0.3) is 22.3 Å². The van der Waals surface area contributed by atoms with Gasteiger partial charge in [-0.05, 0) is 95.6 Å². The fourth-order valence-corrected chi connectivity index (χ4v) is 6.07. The van der Waals surface area contributed by atoms with Gasteiger partial charge < -0.3 is 64.0 Å². The second-order valence-corrected chi connectivity index (χ2v) is 16.8. The molecule has 2 atom stereocenters. The van der Waals surface area contributed by atoms with Crippen LogP contribution in [0.5, 0.6) is 0 Å². The molecule has 386 valence electrons. The summed E-state index contributed by atoms with van der Waals surface area (Å²) in [4.78, 5) is 103. The molecule has 0 bridgehead atoms. The van der Waals surface area contributed by atoms with Crippen LogP contribution >= 0.6 is 0 Å².